The maximum atomic E-state index is 13.2. The van der Waals surface area contributed by atoms with Gasteiger partial charge in [0, 0.05) is 30.4 Å². The fourth-order valence-corrected chi connectivity index (χ4v) is 3.84. The normalized spacial score (nSPS) is 11.6. The predicted molar refractivity (Wildman–Crippen MR) is 90.9 cm³/mol. The van der Waals surface area contributed by atoms with Gasteiger partial charge in [0.2, 0.25) is 10.0 Å². The fraction of sp³-hybridized carbons (Fsp3) is 0.235. The van der Waals surface area contributed by atoms with Crippen molar-refractivity contribution in [3.63, 3.8) is 0 Å². The van der Waals surface area contributed by atoms with Gasteiger partial charge in [-0.1, -0.05) is 19.9 Å². The molecular formula is C17H18F2N2O3S. The smallest absolute Gasteiger partial charge is 0.255 e. The lowest BCUT2D eigenvalue weighted by molar-refractivity contribution is 0.102. The fourth-order valence-electron chi connectivity index (χ4n) is 2.34. The van der Waals surface area contributed by atoms with Gasteiger partial charge in [-0.05, 0) is 30.3 Å². The summed E-state index contributed by atoms with van der Waals surface area (Å²) < 4.78 is 52.7. The average molecular weight is 368 g/mol. The minimum atomic E-state index is -3.68. The molecule has 0 saturated heterocycles. The Hall–Kier alpha value is -2.32. The van der Waals surface area contributed by atoms with Gasteiger partial charge < -0.3 is 5.32 Å². The van der Waals surface area contributed by atoms with Crippen molar-refractivity contribution in [1.29, 1.82) is 0 Å². The van der Waals surface area contributed by atoms with Crippen molar-refractivity contribution in [3.8, 4) is 0 Å². The Bertz CT molecular complexity index is 861. The van der Waals surface area contributed by atoms with Gasteiger partial charge in [-0.25, -0.2) is 17.2 Å². The van der Waals surface area contributed by atoms with Crippen molar-refractivity contribution in [1.82, 2.24) is 4.31 Å². The SMILES string of the molecule is CCN(CC)S(=O)(=O)c1cccc(NC(=O)c2cc(F)cc(F)c2)c1. The van der Waals surface area contributed by atoms with E-state index in [2.05, 4.69) is 5.32 Å². The summed E-state index contributed by atoms with van der Waals surface area (Å²) in [5, 5.41) is 2.44. The first-order valence-corrected chi connectivity index (χ1v) is 9.09. The van der Waals surface area contributed by atoms with E-state index in [1.165, 1.54) is 28.6 Å². The summed E-state index contributed by atoms with van der Waals surface area (Å²) in [6.45, 7) is 4.09. The number of sulfonamides is 1. The molecule has 2 aromatic carbocycles. The largest absolute Gasteiger partial charge is 0.322 e. The lowest BCUT2D eigenvalue weighted by Crippen LogP contribution is -2.30. The number of benzene rings is 2. The summed E-state index contributed by atoms with van der Waals surface area (Å²) in [5.74, 6) is -2.48. The molecule has 0 heterocycles. The van der Waals surface area contributed by atoms with Crippen molar-refractivity contribution in [2.45, 2.75) is 18.7 Å². The molecule has 0 unspecified atom stereocenters. The van der Waals surface area contributed by atoms with Gasteiger partial charge in [0.1, 0.15) is 11.6 Å². The number of anilines is 1. The van der Waals surface area contributed by atoms with E-state index < -0.39 is 27.6 Å². The van der Waals surface area contributed by atoms with Crippen LogP contribution in [-0.2, 0) is 10.0 Å². The molecule has 0 aliphatic heterocycles. The van der Waals surface area contributed by atoms with Gasteiger partial charge >= 0.3 is 0 Å². The molecule has 0 atom stereocenters. The van der Waals surface area contributed by atoms with Crippen LogP contribution in [0.2, 0.25) is 0 Å². The zero-order valence-electron chi connectivity index (χ0n) is 13.8. The molecule has 0 spiro atoms. The Morgan fingerprint density at radius 2 is 1.64 bits per heavy atom. The molecule has 134 valence electrons. The van der Waals surface area contributed by atoms with Gasteiger partial charge in [-0.2, -0.15) is 4.31 Å². The zero-order chi connectivity index (χ0) is 18.6. The van der Waals surface area contributed by atoms with Gasteiger partial charge in [-0.3, -0.25) is 4.79 Å². The van der Waals surface area contributed by atoms with Crippen molar-refractivity contribution < 1.29 is 22.0 Å². The first kappa shape index (κ1) is 19.0. The van der Waals surface area contributed by atoms with E-state index >= 15 is 0 Å². The first-order chi connectivity index (χ1) is 11.8. The Kier molecular flexibility index (Phi) is 5.86. The molecule has 1 amide bonds. The van der Waals surface area contributed by atoms with E-state index in [9.17, 15) is 22.0 Å². The molecule has 0 radical (unpaired) electrons. The van der Waals surface area contributed by atoms with Crippen LogP contribution in [0.5, 0.6) is 0 Å². The second-order valence-electron chi connectivity index (χ2n) is 5.23. The van der Waals surface area contributed by atoms with Gasteiger partial charge in [0.25, 0.3) is 5.91 Å². The molecule has 0 aliphatic carbocycles. The molecule has 0 aliphatic rings. The molecule has 0 bridgehead atoms. The summed E-state index contributed by atoms with van der Waals surface area (Å²) in [6, 6.07) is 8.16. The summed E-state index contributed by atoms with van der Waals surface area (Å²) in [6.07, 6.45) is 0. The van der Waals surface area contributed by atoms with Crippen LogP contribution in [0.1, 0.15) is 24.2 Å². The lowest BCUT2D eigenvalue weighted by Gasteiger charge is -2.18. The number of hydrogen-bond donors (Lipinski definition) is 1. The highest BCUT2D eigenvalue weighted by molar-refractivity contribution is 7.89. The van der Waals surface area contributed by atoms with Crippen LogP contribution in [0, 0.1) is 11.6 Å². The molecule has 0 aromatic heterocycles. The van der Waals surface area contributed by atoms with Crippen LogP contribution in [-0.4, -0.2) is 31.7 Å². The number of amides is 1. The highest BCUT2D eigenvalue weighted by Gasteiger charge is 2.22. The number of carbonyl (C=O) groups is 1. The molecule has 5 nitrogen and oxygen atoms in total. The molecule has 0 fully saturated rings. The average Bonchev–Trinajstić information content (AvgIpc) is 2.55. The summed E-state index contributed by atoms with van der Waals surface area (Å²) in [4.78, 5) is 12.1. The molecule has 2 aromatic rings. The molecule has 2 rings (SSSR count). The predicted octanol–water partition coefficient (Wildman–Crippen LogP) is 3.25. The van der Waals surface area contributed by atoms with E-state index in [1.54, 1.807) is 13.8 Å². The molecular weight excluding hydrogens is 350 g/mol. The van der Waals surface area contributed by atoms with Gasteiger partial charge in [0.15, 0.2) is 0 Å². The van der Waals surface area contributed by atoms with Gasteiger partial charge in [0.05, 0.1) is 4.90 Å². The van der Waals surface area contributed by atoms with Crippen molar-refractivity contribution >= 4 is 21.6 Å². The minimum absolute atomic E-state index is 0.0272. The molecule has 0 saturated carbocycles. The zero-order valence-corrected chi connectivity index (χ0v) is 14.6. The summed E-state index contributed by atoms with van der Waals surface area (Å²) in [5.41, 5.74) is 0.0115. The molecule has 1 N–H and O–H groups in total. The number of carbonyl (C=O) groups excluding carboxylic acids is 1. The third kappa shape index (κ3) is 4.40. The van der Waals surface area contributed by atoms with Gasteiger partial charge in [-0.15, -0.1) is 0 Å². The maximum absolute atomic E-state index is 13.2. The highest BCUT2D eigenvalue weighted by Crippen LogP contribution is 2.20. The number of halogens is 2. The second-order valence-corrected chi connectivity index (χ2v) is 7.17. The van der Waals surface area contributed by atoms with Crippen LogP contribution >= 0.6 is 0 Å². The number of hydrogen-bond acceptors (Lipinski definition) is 3. The maximum Gasteiger partial charge on any atom is 0.255 e. The second kappa shape index (κ2) is 7.71. The van der Waals surface area contributed by atoms with E-state index in [1.807, 2.05) is 0 Å². The van der Waals surface area contributed by atoms with Crippen LogP contribution in [0.15, 0.2) is 47.4 Å². The summed E-state index contributed by atoms with van der Waals surface area (Å²) >= 11 is 0. The third-order valence-corrected chi connectivity index (χ3v) is 5.61. The number of rotatable bonds is 6. The van der Waals surface area contributed by atoms with E-state index in [-0.39, 0.29) is 16.1 Å². The van der Waals surface area contributed by atoms with Crippen molar-refractivity contribution in [2.75, 3.05) is 18.4 Å². The number of nitrogens with one attached hydrogen (secondary N) is 1. The topological polar surface area (TPSA) is 66.5 Å². The quantitative estimate of drug-likeness (QED) is 0.851. The van der Waals surface area contributed by atoms with Crippen LogP contribution in [0.25, 0.3) is 0 Å². The molecule has 8 heteroatoms. The van der Waals surface area contributed by atoms with E-state index in [0.29, 0.717) is 19.2 Å². The molecule has 25 heavy (non-hydrogen) atoms. The van der Waals surface area contributed by atoms with Crippen LogP contribution in [0.3, 0.4) is 0 Å². The highest BCUT2D eigenvalue weighted by atomic mass is 32.2. The Labute approximate surface area is 145 Å². The van der Waals surface area contributed by atoms with Crippen LogP contribution in [0.4, 0.5) is 14.5 Å². The number of nitrogens with zero attached hydrogens (tertiary/aromatic N) is 1. The Morgan fingerprint density at radius 1 is 1.04 bits per heavy atom. The van der Waals surface area contributed by atoms with Crippen LogP contribution < -0.4 is 5.32 Å². The monoisotopic (exact) mass is 368 g/mol. The Balaban J connectivity index is 2.29. The summed E-state index contributed by atoms with van der Waals surface area (Å²) in [7, 11) is -3.68. The standard InChI is InChI=1S/C17H18F2N2O3S/c1-3-21(4-2)25(23,24)16-7-5-6-15(11-16)20-17(22)12-8-13(18)10-14(19)9-12/h5-11H,3-4H2,1-2H3,(H,20,22). The third-order valence-electron chi connectivity index (χ3n) is 3.56. The van der Waals surface area contributed by atoms with E-state index in [4.69, 9.17) is 0 Å². The minimum Gasteiger partial charge on any atom is -0.322 e. The van der Waals surface area contributed by atoms with Crippen molar-refractivity contribution in [3.05, 3.63) is 59.7 Å². The lowest BCUT2D eigenvalue weighted by atomic mass is 10.2. The first-order valence-electron chi connectivity index (χ1n) is 7.65. The Morgan fingerprint density at radius 3 is 2.20 bits per heavy atom. The van der Waals surface area contributed by atoms with Crippen molar-refractivity contribution in [2.24, 2.45) is 0 Å². The van der Waals surface area contributed by atoms with E-state index in [0.717, 1.165) is 12.1 Å².